The summed E-state index contributed by atoms with van der Waals surface area (Å²) in [6.45, 7) is 1.17. The normalized spacial score (nSPS) is 10.1. The van der Waals surface area contributed by atoms with Crippen LogP contribution in [0.1, 0.15) is 30.1 Å². The smallest absolute Gasteiger partial charge is 0.344 e. The quantitative estimate of drug-likeness (QED) is 0.519. The molecule has 2 rings (SSSR count). The molecule has 6 nitrogen and oxygen atoms in total. The summed E-state index contributed by atoms with van der Waals surface area (Å²) >= 11 is 5.92. The Morgan fingerprint density at radius 2 is 1.70 bits per heavy atom. The van der Waals surface area contributed by atoms with Crippen molar-refractivity contribution in [3.05, 3.63) is 59.1 Å². The van der Waals surface area contributed by atoms with Crippen LogP contribution in [0.3, 0.4) is 0 Å². The molecule has 27 heavy (non-hydrogen) atoms. The first-order valence-electron chi connectivity index (χ1n) is 8.45. The van der Waals surface area contributed by atoms with Crippen LogP contribution in [0.15, 0.2) is 48.5 Å². The van der Waals surface area contributed by atoms with Gasteiger partial charge in [-0.15, -0.1) is 0 Å². The molecule has 0 aliphatic rings. The third-order valence-corrected chi connectivity index (χ3v) is 3.83. The Morgan fingerprint density at radius 3 is 2.37 bits per heavy atom. The molecule has 0 spiro atoms. The molecule has 0 bridgehead atoms. The molecule has 1 amide bonds. The van der Waals surface area contributed by atoms with Gasteiger partial charge in [0, 0.05) is 17.7 Å². The highest BCUT2D eigenvalue weighted by Crippen LogP contribution is 2.22. The lowest BCUT2D eigenvalue weighted by Gasteiger charge is -2.08. The van der Waals surface area contributed by atoms with Gasteiger partial charge in [0.05, 0.1) is 5.02 Å². The predicted molar refractivity (Wildman–Crippen MR) is 102 cm³/mol. The lowest BCUT2D eigenvalue weighted by Crippen LogP contribution is -2.19. The molecule has 0 heterocycles. The van der Waals surface area contributed by atoms with E-state index >= 15 is 0 Å². The summed E-state index contributed by atoms with van der Waals surface area (Å²) in [5.74, 6) is -0.744. The summed E-state index contributed by atoms with van der Waals surface area (Å²) in [4.78, 5) is 35.3. The molecule has 0 aliphatic heterocycles. The molecule has 0 saturated carbocycles. The zero-order valence-corrected chi connectivity index (χ0v) is 15.6. The lowest BCUT2D eigenvalue weighted by atomic mass is 10.1. The zero-order valence-electron chi connectivity index (χ0n) is 14.9. The number of rotatable bonds is 9. The average molecular weight is 390 g/mol. The van der Waals surface area contributed by atoms with Gasteiger partial charge >= 0.3 is 5.97 Å². The van der Waals surface area contributed by atoms with Crippen LogP contribution in [0.4, 0.5) is 5.69 Å². The first-order valence-corrected chi connectivity index (χ1v) is 8.83. The summed E-state index contributed by atoms with van der Waals surface area (Å²) < 4.78 is 10.2. The average Bonchev–Trinajstić information content (AvgIpc) is 2.66. The summed E-state index contributed by atoms with van der Waals surface area (Å²) in [6.07, 6.45) is 1.20. The van der Waals surface area contributed by atoms with Gasteiger partial charge in [0.15, 0.2) is 19.0 Å². The first-order chi connectivity index (χ1) is 13.0. The molecule has 7 heteroatoms. The van der Waals surface area contributed by atoms with Gasteiger partial charge in [0.1, 0.15) is 5.75 Å². The van der Waals surface area contributed by atoms with E-state index in [1.807, 2.05) is 6.92 Å². The summed E-state index contributed by atoms with van der Waals surface area (Å²) in [5.41, 5.74) is 0.985. The largest absolute Gasteiger partial charge is 0.480 e. The van der Waals surface area contributed by atoms with E-state index in [0.29, 0.717) is 28.4 Å². The van der Waals surface area contributed by atoms with Gasteiger partial charge in [0.25, 0.3) is 0 Å². The molecular formula is C20H20ClNO5. The number of hydrogen-bond donors (Lipinski definition) is 1. The van der Waals surface area contributed by atoms with E-state index < -0.39 is 12.6 Å². The third kappa shape index (κ3) is 6.75. The number of carbonyl (C=O) groups is 3. The van der Waals surface area contributed by atoms with Crippen molar-refractivity contribution in [1.29, 1.82) is 0 Å². The van der Waals surface area contributed by atoms with Crippen LogP contribution in [0, 0.1) is 0 Å². The van der Waals surface area contributed by atoms with Gasteiger partial charge in [0.2, 0.25) is 5.91 Å². The Bertz CT molecular complexity index is 804. The second-order valence-electron chi connectivity index (χ2n) is 5.68. The number of ether oxygens (including phenoxy) is 2. The molecule has 2 aromatic carbocycles. The Labute approximate surface area is 162 Å². The van der Waals surface area contributed by atoms with Crippen molar-refractivity contribution in [2.45, 2.75) is 19.8 Å². The van der Waals surface area contributed by atoms with Gasteiger partial charge in [-0.05, 0) is 42.8 Å². The molecule has 0 atom stereocenters. The number of anilines is 1. The molecule has 142 valence electrons. The maximum Gasteiger partial charge on any atom is 0.344 e. The van der Waals surface area contributed by atoms with Crippen molar-refractivity contribution < 1.29 is 23.9 Å². The third-order valence-electron chi connectivity index (χ3n) is 3.51. The molecule has 0 aliphatic carbocycles. The zero-order chi connectivity index (χ0) is 19.6. The van der Waals surface area contributed by atoms with Gasteiger partial charge < -0.3 is 14.8 Å². The van der Waals surface area contributed by atoms with E-state index in [1.54, 1.807) is 48.5 Å². The van der Waals surface area contributed by atoms with E-state index in [4.69, 9.17) is 21.1 Å². The van der Waals surface area contributed by atoms with E-state index in [9.17, 15) is 14.4 Å². The molecule has 0 radical (unpaired) electrons. The Balaban J connectivity index is 1.78. The van der Waals surface area contributed by atoms with Crippen LogP contribution >= 0.6 is 11.6 Å². The Hall–Kier alpha value is -2.86. The molecule has 0 aromatic heterocycles. The van der Waals surface area contributed by atoms with E-state index in [2.05, 4.69) is 5.32 Å². The number of nitrogens with one attached hydrogen (secondary N) is 1. The molecule has 2 aromatic rings. The van der Waals surface area contributed by atoms with Crippen LogP contribution in [0.2, 0.25) is 5.02 Å². The standard InChI is InChI=1S/C20H20ClNO5/c1-2-5-19(24)22-15-10-8-14(9-11-15)17(23)12-27-20(25)13-26-18-7-4-3-6-16(18)21/h3-4,6-11H,2,5,12-13H2,1H3,(H,22,24). The summed E-state index contributed by atoms with van der Waals surface area (Å²) in [5, 5.41) is 3.12. The van der Waals surface area contributed by atoms with Gasteiger partial charge in [-0.1, -0.05) is 30.7 Å². The van der Waals surface area contributed by atoms with Gasteiger partial charge in [-0.2, -0.15) is 0 Å². The van der Waals surface area contributed by atoms with Crippen molar-refractivity contribution in [2.75, 3.05) is 18.5 Å². The maximum absolute atomic E-state index is 12.1. The minimum atomic E-state index is -0.674. The lowest BCUT2D eigenvalue weighted by molar-refractivity contribution is -0.144. The fourth-order valence-electron chi connectivity index (χ4n) is 2.16. The number of benzene rings is 2. The first kappa shape index (κ1) is 20.5. The summed E-state index contributed by atoms with van der Waals surface area (Å²) in [6, 6.07) is 13.1. The second-order valence-corrected chi connectivity index (χ2v) is 6.09. The number of ketones is 1. The van der Waals surface area contributed by atoms with Crippen LogP contribution < -0.4 is 10.1 Å². The molecule has 0 saturated heterocycles. The van der Waals surface area contributed by atoms with Crippen molar-refractivity contribution in [3.63, 3.8) is 0 Å². The van der Waals surface area contributed by atoms with Crippen molar-refractivity contribution in [3.8, 4) is 5.75 Å². The fourth-order valence-corrected chi connectivity index (χ4v) is 2.35. The predicted octanol–water partition coefficient (Wildman–Crippen LogP) is 3.88. The number of Topliss-reactive ketones (excluding diaryl/α,β-unsaturated/α-hetero) is 1. The molecule has 0 unspecified atom stereocenters. The molecule has 0 fully saturated rings. The van der Waals surface area contributed by atoms with Crippen molar-refractivity contribution >= 4 is 34.9 Å². The van der Waals surface area contributed by atoms with Crippen molar-refractivity contribution in [1.82, 2.24) is 0 Å². The van der Waals surface area contributed by atoms with Gasteiger partial charge in [-0.3, -0.25) is 9.59 Å². The Morgan fingerprint density at radius 1 is 1.00 bits per heavy atom. The molecular weight excluding hydrogens is 370 g/mol. The topological polar surface area (TPSA) is 81.7 Å². The highest BCUT2D eigenvalue weighted by Gasteiger charge is 2.12. The number of hydrogen-bond acceptors (Lipinski definition) is 5. The van der Waals surface area contributed by atoms with Crippen LogP contribution in [-0.4, -0.2) is 30.9 Å². The van der Waals surface area contributed by atoms with Gasteiger partial charge in [-0.25, -0.2) is 4.79 Å². The number of amides is 1. The van der Waals surface area contributed by atoms with Crippen LogP contribution in [0.25, 0.3) is 0 Å². The number of para-hydroxylation sites is 1. The van der Waals surface area contributed by atoms with Crippen molar-refractivity contribution in [2.24, 2.45) is 0 Å². The van der Waals surface area contributed by atoms with E-state index in [-0.39, 0.29) is 18.3 Å². The minimum absolute atomic E-state index is 0.0796. The summed E-state index contributed by atoms with van der Waals surface area (Å²) in [7, 11) is 0. The minimum Gasteiger partial charge on any atom is -0.480 e. The Kier molecular flexibility index (Phi) is 7.82. The van der Waals surface area contributed by atoms with Crippen LogP contribution in [0.5, 0.6) is 5.75 Å². The second kappa shape index (κ2) is 10.3. The van der Waals surface area contributed by atoms with Crippen LogP contribution in [-0.2, 0) is 14.3 Å². The maximum atomic E-state index is 12.1. The number of halogens is 1. The molecule has 1 N–H and O–H groups in total. The highest BCUT2D eigenvalue weighted by molar-refractivity contribution is 6.32. The fraction of sp³-hybridized carbons (Fsp3) is 0.250. The number of esters is 1. The SMILES string of the molecule is CCCC(=O)Nc1ccc(C(=O)COC(=O)COc2ccccc2Cl)cc1. The highest BCUT2D eigenvalue weighted by atomic mass is 35.5. The van der Waals surface area contributed by atoms with E-state index in [1.165, 1.54) is 0 Å². The number of carbonyl (C=O) groups excluding carboxylic acids is 3. The van der Waals surface area contributed by atoms with E-state index in [0.717, 1.165) is 6.42 Å². The monoisotopic (exact) mass is 389 g/mol.